The van der Waals surface area contributed by atoms with Crippen molar-refractivity contribution in [3.8, 4) is 0 Å². The van der Waals surface area contributed by atoms with Crippen LogP contribution in [0.5, 0.6) is 0 Å². The molecule has 0 unspecified atom stereocenters. The molecule has 100 valence electrons. The molecular formula is C13H24O4. The van der Waals surface area contributed by atoms with Gasteiger partial charge in [-0.15, -0.1) is 0 Å². The van der Waals surface area contributed by atoms with Gasteiger partial charge in [-0.05, 0) is 26.7 Å². The molecule has 0 N–H and O–H groups in total. The normalized spacial score (nSPS) is 24.9. The van der Waals surface area contributed by atoms with E-state index in [1.54, 1.807) is 0 Å². The lowest BCUT2D eigenvalue weighted by Gasteiger charge is -2.35. The van der Waals surface area contributed by atoms with Crippen molar-refractivity contribution in [3.63, 3.8) is 0 Å². The third kappa shape index (κ3) is 3.91. The first-order chi connectivity index (χ1) is 8.20. The van der Waals surface area contributed by atoms with Crippen LogP contribution in [-0.4, -0.2) is 44.4 Å². The second-order valence-corrected chi connectivity index (χ2v) is 5.10. The maximum absolute atomic E-state index is 5.80. The molecule has 0 atom stereocenters. The highest BCUT2D eigenvalue weighted by molar-refractivity contribution is 4.82. The summed E-state index contributed by atoms with van der Waals surface area (Å²) in [4.78, 5) is 0. The molecule has 17 heavy (non-hydrogen) atoms. The average Bonchev–Trinajstić information content (AvgIpc) is 2.75. The van der Waals surface area contributed by atoms with Gasteiger partial charge in [-0.25, -0.2) is 0 Å². The summed E-state index contributed by atoms with van der Waals surface area (Å²) in [6.07, 6.45) is 4.62. The molecule has 1 saturated carbocycles. The Kier molecular flexibility index (Phi) is 4.79. The van der Waals surface area contributed by atoms with Crippen molar-refractivity contribution in [2.24, 2.45) is 0 Å². The summed E-state index contributed by atoms with van der Waals surface area (Å²) >= 11 is 0. The SMILES string of the molecule is CC(C)OCCOC1CCC2(CC1)OCCO2. The first kappa shape index (κ1) is 13.3. The zero-order valence-electron chi connectivity index (χ0n) is 10.9. The largest absolute Gasteiger partial charge is 0.376 e. The highest BCUT2D eigenvalue weighted by Gasteiger charge is 2.40. The number of ether oxygens (including phenoxy) is 4. The zero-order chi connectivity index (χ0) is 12.1. The Morgan fingerprint density at radius 1 is 1.12 bits per heavy atom. The maximum Gasteiger partial charge on any atom is 0.168 e. The number of hydrogen-bond donors (Lipinski definition) is 0. The smallest absolute Gasteiger partial charge is 0.168 e. The van der Waals surface area contributed by atoms with E-state index >= 15 is 0 Å². The summed E-state index contributed by atoms with van der Waals surface area (Å²) in [5, 5.41) is 0. The van der Waals surface area contributed by atoms with Crippen LogP contribution in [0, 0.1) is 0 Å². The van der Waals surface area contributed by atoms with Crippen molar-refractivity contribution in [1.29, 1.82) is 0 Å². The van der Waals surface area contributed by atoms with Crippen LogP contribution in [0.1, 0.15) is 39.5 Å². The molecule has 1 spiro atoms. The van der Waals surface area contributed by atoms with E-state index in [4.69, 9.17) is 18.9 Å². The molecule has 2 rings (SSSR count). The van der Waals surface area contributed by atoms with Crippen LogP contribution >= 0.6 is 0 Å². The lowest BCUT2D eigenvalue weighted by Crippen LogP contribution is -2.37. The molecule has 1 aliphatic carbocycles. The van der Waals surface area contributed by atoms with E-state index in [1.807, 2.05) is 13.8 Å². The Morgan fingerprint density at radius 3 is 2.35 bits per heavy atom. The molecule has 1 saturated heterocycles. The van der Waals surface area contributed by atoms with Gasteiger partial charge in [0.25, 0.3) is 0 Å². The van der Waals surface area contributed by atoms with E-state index in [2.05, 4.69) is 0 Å². The Labute approximate surface area is 104 Å². The minimum atomic E-state index is -0.270. The van der Waals surface area contributed by atoms with Gasteiger partial charge in [-0.3, -0.25) is 0 Å². The molecule has 2 aliphatic rings. The fourth-order valence-electron chi connectivity index (χ4n) is 2.48. The van der Waals surface area contributed by atoms with Gasteiger partial charge in [0.05, 0.1) is 38.6 Å². The topological polar surface area (TPSA) is 36.9 Å². The molecule has 0 bridgehead atoms. The summed E-state index contributed by atoms with van der Waals surface area (Å²) in [6, 6.07) is 0. The summed E-state index contributed by atoms with van der Waals surface area (Å²) in [5.41, 5.74) is 0. The summed E-state index contributed by atoms with van der Waals surface area (Å²) in [7, 11) is 0. The van der Waals surface area contributed by atoms with Gasteiger partial charge in [-0.1, -0.05) is 0 Å². The van der Waals surface area contributed by atoms with Crippen LogP contribution in [0.15, 0.2) is 0 Å². The highest BCUT2D eigenvalue weighted by atomic mass is 16.7. The van der Waals surface area contributed by atoms with Crippen molar-refractivity contribution in [1.82, 2.24) is 0 Å². The highest BCUT2D eigenvalue weighted by Crippen LogP contribution is 2.36. The summed E-state index contributed by atoms with van der Waals surface area (Å²) < 4.78 is 22.6. The van der Waals surface area contributed by atoms with Crippen LogP contribution in [0.4, 0.5) is 0 Å². The molecule has 4 nitrogen and oxygen atoms in total. The van der Waals surface area contributed by atoms with Crippen molar-refractivity contribution in [3.05, 3.63) is 0 Å². The van der Waals surface area contributed by atoms with Gasteiger partial charge in [0.15, 0.2) is 5.79 Å². The molecule has 4 heteroatoms. The van der Waals surface area contributed by atoms with E-state index in [0.29, 0.717) is 19.3 Å². The third-order valence-electron chi connectivity index (χ3n) is 3.40. The van der Waals surface area contributed by atoms with Gasteiger partial charge < -0.3 is 18.9 Å². The maximum atomic E-state index is 5.80. The Bertz CT molecular complexity index is 213. The number of hydrogen-bond acceptors (Lipinski definition) is 4. The van der Waals surface area contributed by atoms with Crippen molar-refractivity contribution in [2.45, 2.75) is 57.5 Å². The Balaban J connectivity index is 1.59. The first-order valence-corrected chi connectivity index (χ1v) is 6.71. The zero-order valence-corrected chi connectivity index (χ0v) is 10.9. The van der Waals surface area contributed by atoms with E-state index in [-0.39, 0.29) is 11.9 Å². The fraction of sp³-hybridized carbons (Fsp3) is 1.00. The molecule has 1 aliphatic heterocycles. The average molecular weight is 244 g/mol. The van der Waals surface area contributed by atoms with Gasteiger partial charge in [-0.2, -0.15) is 0 Å². The predicted octanol–water partition coefficient (Wildman–Crippen LogP) is 2.11. The van der Waals surface area contributed by atoms with E-state index in [0.717, 1.165) is 38.9 Å². The quantitative estimate of drug-likeness (QED) is 0.694. The van der Waals surface area contributed by atoms with Crippen LogP contribution in [0.2, 0.25) is 0 Å². The first-order valence-electron chi connectivity index (χ1n) is 6.71. The summed E-state index contributed by atoms with van der Waals surface area (Å²) in [6.45, 7) is 6.95. The van der Waals surface area contributed by atoms with Crippen LogP contribution in [0.25, 0.3) is 0 Å². The monoisotopic (exact) mass is 244 g/mol. The van der Waals surface area contributed by atoms with E-state index in [1.165, 1.54) is 0 Å². The minimum absolute atomic E-state index is 0.270. The Hall–Kier alpha value is -0.160. The van der Waals surface area contributed by atoms with Crippen LogP contribution < -0.4 is 0 Å². The lowest BCUT2D eigenvalue weighted by atomic mass is 9.92. The van der Waals surface area contributed by atoms with E-state index in [9.17, 15) is 0 Å². The van der Waals surface area contributed by atoms with Crippen LogP contribution in [-0.2, 0) is 18.9 Å². The minimum Gasteiger partial charge on any atom is -0.376 e. The molecule has 0 aromatic rings. The van der Waals surface area contributed by atoms with Gasteiger partial charge in [0.1, 0.15) is 0 Å². The molecule has 2 fully saturated rings. The molecule has 0 amide bonds. The molecule has 0 radical (unpaired) electrons. The van der Waals surface area contributed by atoms with Crippen molar-refractivity contribution in [2.75, 3.05) is 26.4 Å². The number of rotatable bonds is 5. The third-order valence-corrected chi connectivity index (χ3v) is 3.40. The van der Waals surface area contributed by atoms with Gasteiger partial charge in [0, 0.05) is 12.8 Å². The van der Waals surface area contributed by atoms with Crippen molar-refractivity contribution >= 4 is 0 Å². The van der Waals surface area contributed by atoms with Crippen molar-refractivity contribution < 1.29 is 18.9 Å². The van der Waals surface area contributed by atoms with Gasteiger partial charge in [0.2, 0.25) is 0 Å². The second kappa shape index (κ2) is 6.14. The lowest BCUT2D eigenvalue weighted by molar-refractivity contribution is -0.192. The molecular weight excluding hydrogens is 220 g/mol. The second-order valence-electron chi connectivity index (χ2n) is 5.10. The molecule has 0 aromatic carbocycles. The van der Waals surface area contributed by atoms with Gasteiger partial charge >= 0.3 is 0 Å². The standard InChI is InChI=1S/C13H24O4/c1-11(2)14-7-8-15-12-3-5-13(6-4-12)16-9-10-17-13/h11-12H,3-10H2,1-2H3. The fourth-order valence-corrected chi connectivity index (χ4v) is 2.48. The predicted molar refractivity (Wildman–Crippen MR) is 63.9 cm³/mol. The van der Waals surface area contributed by atoms with Crippen LogP contribution in [0.3, 0.4) is 0 Å². The Morgan fingerprint density at radius 2 is 1.76 bits per heavy atom. The van der Waals surface area contributed by atoms with E-state index < -0.39 is 0 Å². The molecule has 0 aromatic heterocycles. The summed E-state index contributed by atoms with van der Waals surface area (Å²) in [5.74, 6) is -0.270. The molecule has 1 heterocycles.